The molecule has 0 spiro atoms. The number of ketones is 1. The summed E-state index contributed by atoms with van der Waals surface area (Å²) in [6.45, 7) is 1.72. The Kier molecular flexibility index (Phi) is 3.31. The van der Waals surface area contributed by atoms with E-state index in [1.807, 2.05) is 0 Å². The summed E-state index contributed by atoms with van der Waals surface area (Å²) in [7, 11) is 0. The summed E-state index contributed by atoms with van der Waals surface area (Å²) >= 11 is 1.39. The summed E-state index contributed by atoms with van der Waals surface area (Å²) in [5.74, 6) is -0.542. The normalized spacial score (nSPS) is 16.2. The van der Waals surface area contributed by atoms with Crippen molar-refractivity contribution in [1.29, 1.82) is 0 Å². The van der Waals surface area contributed by atoms with E-state index in [2.05, 4.69) is 10.3 Å². The number of aromatic nitrogens is 2. The second-order valence-corrected chi connectivity index (χ2v) is 6.65. The van der Waals surface area contributed by atoms with Crippen molar-refractivity contribution in [3.05, 3.63) is 57.5 Å². The summed E-state index contributed by atoms with van der Waals surface area (Å²) < 4.78 is 1.32. The molecule has 24 heavy (non-hydrogen) atoms. The lowest BCUT2D eigenvalue weighted by molar-refractivity contribution is -0.116. The largest absolute Gasteiger partial charge is 0.325 e. The van der Waals surface area contributed by atoms with Gasteiger partial charge in [-0.05, 0) is 42.1 Å². The smallest absolute Gasteiger partial charge is 0.262 e. The molecule has 2 aromatic heterocycles. The van der Waals surface area contributed by atoms with Crippen molar-refractivity contribution in [2.45, 2.75) is 19.4 Å². The molecule has 1 aliphatic heterocycles. The molecule has 6 nitrogen and oxygen atoms in total. The molecule has 3 heterocycles. The van der Waals surface area contributed by atoms with Gasteiger partial charge in [-0.1, -0.05) is 0 Å². The Hall–Kier alpha value is -2.80. The van der Waals surface area contributed by atoms with Gasteiger partial charge in [0.15, 0.2) is 5.78 Å². The third kappa shape index (κ3) is 2.25. The SMILES string of the molecule is C[C@H]1C(=O)Nc2ccc(C(=O)Cn3cnc4sccc4c3=O)cc21. The van der Waals surface area contributed by atoms with Gasteiger partial charge in [0.05, 0.1) is 24.2 Å². The Morgan fingerprint density at radius 3 is 3.00 bits per heavy atom. The Balaban J connectivity index is 1.66. The number of hydrogen-bond donors (Lipinski definition) is 1. The average Bonchev–Trinajstić information content (AvgIpc) is 3.16. The molecular weight excluding hydrogens is 326 g/mol. The Morgan fingerprint density at radius 2 is 2.17 bits per heavy atom. The zero-order valence-corrected chi connectivity index (χ0v) is 13.6. The monoisotopic (exact) mass is 339 g/mol. The highest BCUT2D eigenvalue weighted by atomic mass is 32.1. The number of carbonyl (C=O) groups excluding carboxylic acids is 2. The van der Waals surface area contributed by atoms with E-state index < -0.39 is 0 Å². The number of nitrogens with zero attached hydrogens (tertiary/aromatic N) is 2. The summed E-state index contributed by atoms with van der Waals surface area (Å²) in [4.78, 5) is 41.5. The second kappa shape index (κ2) is 5.38. The van der Waals surface area contributed by atoms with E-state index in [9.17, 15) is 14.4 Å². The van der Waals surface area contributed by atoms with Crippen LogP contribution in [0.1, 0.15) is 28.8 Å². The number of Topliss-reactive ketones (excluding diaryl/α,β-unsaturated/α-hetero) is 1. The predicted molar refractivity (Wildman–Crippen MR) is 91.7 cm³/mol. The van der Waals surface area contributed by atoms with Crippen molar-refractivity contribution in [1.82, 2.24) is 9.55 Å². The van der Waals surface area contributed by atoms with E-state index in [-0.39, 0.29) is 29.7 Å². The minimum Gasteiger partial charge on any atom is -0.325 e. The van der Waals surface area contributed by atoms with E-state index in [1.165, 1.54) is 22.2 Å². The molecular formula is C17H13N3O3S. The number of rotatable bonds is 3. The molecule has 1 amide bonds. The van der Waals surface area contributed by atoms with Gasteiger partial charge >= 0.3 is 0 Å². The van der Waals surface area contributed by atoms with Gasteiger partial charge in [0, 0.05) is 11.3 Å². The average molecular weight is 339 g/mol. The molecule has 3 aromatic rings. The van der Waals surface area contributed by atoms with Gasteiger partial charge in [-0.15, -0.1) is 11.3 Å². The molecule has 0 saturated carbocycles. The number of nitrogens with one attached hydrogen (secondary N) is 1. The number of anilines is 1. The van der Waals surface area contributed by atoms with Crippen molar-refractivity contribution < 1.29 is 9.59 Å². The predicted octanol–water partition coefficient (Wildman–Crippen LogP) is 2.40. The van der Waals surface area contributed by atoms with Crippen molar-refractivity contribution in [3.8, 4) is 0 Å². The fraction of sp³-hybridized carbons (Fsp3) is 0.176. The highest BCUT2D eigenvalue weighted by Gasteiger charge is 2.27. The van der Waals surface area contributed by atoms with E-state index in [0.717, 1.165) is 11.3 Å². The molecule has 0 bridgehead atoms. The number of amides is 1. The van der Waals surface area contributed by atoms with Crippen LogP contribution in [0.2, 0.25) is 0 Å². The molecule has 0 fully saturated rings. The van der Waals surface area contributed by atoms with Crippen LogP contribution >= 0.6 is 11.3 Å². The third-order valence-electron chi connectivity index (χ3n) is 4.26. The van der Waals surface area contributed by atoms with Crippen LogP contribution in [0, 0.1) is 0 Å². The zero-order valence-electron chi connectivity index (χ0n) is 12.8. The summed E-state index contributed by atoms with van der Waals surface area (Å²) in [6, 6.07) is 6.83. The molecule has 1 aliphatic rings. The first-order chi connectivity index (χ1) is 11.5. The van der Waals surface area contributed by atoms with Crippen LogP contribution in [-0.2, 0) is 11.3 Å². The topological polar surface area (TPSA) is 81.1 Å². The number of fused-ring (bicyclic) bond motifs is 2. The van der Waals surface area contributed by atoms with Crippen molar-refractivity contribution in [2.75, 3.05) is 5.32 Å². The fourth-order valence-electron chi connectivity index (χ4n) is 2.84. The van der Waals surface area contributed by atoms with E-state index in [0.29, 0.717) is 15.8 Å². The minimum absolute atomic E-state index is 0.0714. The number of benzene rings is 1. The Bertz CT molecular complexity index is 1050. The maximum Gasteiger partial charge on any atom is 0.262 e. The van der Waals surface area contributed by atoms with E-state index in [4.69, 9.17) is 0 Å². The van der Waals surface area contributed by atoms with Crippen molar-refractivity contribution >= 4 is 38.9 Å². The molecule has 0 saturated heterocycles. The maximum absolute atomic E-state index is 12.5. The number of thiophene rings is 1. The summed E-state index contributed by atoms with van der Waals surface area (Å²) in [5.41, 5.74) is 1.81. The van der Waals surface area contributed by atoms with Gasteiger partial charge in [-0.2, -0.15) is 0 Å². The lowest BCUT2D eigenvalue weighted by Crippen LogP contribution is -2.24. The molecule has 0 aliphatic carbocycles. The van der Waals surface area contributed by atoms with Crippen molar-refractivity contribution in [3.63, 3.8) is 0 Å². The molecule has 1 aromatic carbocycles. The molecule has 4 rings (SSSR count). The van der Waals surface area contributed by atoms with Gasteiger partial charge < -0.3 is 5.32 Å². The molecule has 0 unspecified atom stereocenters. The number of carbonyl (C=O) groups is 2. The van der Waals surface area contributed by atoms with Crippen LogP contribution in [0.5, 0.6) is 0 Å². The van der Waals surface area contributed by atoms with Crippen LogP contribution in [0.15, 0.2) is 40.8 Å². The van der Waals surface area contributed by atoms with E-state index >= 15 is 0 Å². The first-order valence-corrected chi connectivity index (χ1v) is 8.33. The van der Waals surface area contributed by atoms with Gasteiger partial charge in [0.2, 0.25) is 5.91 Å². The molecule has 1 atom stereocenters. The Labute approximate surface area is 140 Å². The van der Waals surface area contributed by atoms with Gasteiger partial charge in [0.25, 0.3) is 5.56 Å². The highest BCUT2D eigenvalue weighted by molar-refractivity contribution is 7.16. The second-order valence-electron chi connectivity index (χ2n) is 5.75. The standard InChI is InChI=1S/C17H13N3O3S/c1-9-12-6-10(2-3-13(12)19-15(9)22)14(21)7-20-8-18-16-11(17(20)23)4-5-24-16/h2-6,8-9H,7H2,1H3,(H,19,22)/t9-/m1/s1. The summed E-state index contributed by atoms with van der Waals surface area (Å²) in [5, 5.41) is 5.10. The van der Waals surface area contributed by atoms with Crippen LogP contribution in [0.3, 0.4) is 0 Å². The molecule has 0 radical (unpaired) electrons. The lowest BCUT2D eigenvalue weighted by Gasteiger charge is -2.07. The van der Waals surface area contributed by atoms with Crippen molar-refractivity contribution in [2.24, 2.45) is 0 Å². The van der Waals surface area contributed by atoms with Crippen LogP contribution < -0.4 is 10.9 Å². The number of hydrogen-bond acceptors (Lipinski definition) is 5. The fourth-order valence-corrected chi connectivity index (χ4v) is 3.57. The van der Waals surface area contributed by atoms with Crippen LogP contribution in [0.25, 0.3) is 10.2 Å². The molecule has 1 N–H and O–H groups in total. The van der Waals surface area contributed by atoms with E-state index in [1.54, 1.807) is 36.6 Å². The first kappa shape index (κ1) is 14.8. The lowest BCUT2D eigenvalue weighted by atomic mass is 9.99. The van der Waals surface area contributed by atoms with Crippen LogP contribution in [-0.4, -0.2) is 21.2 Å². The third-order valence-corrected chi connectivity index (χ3v) is 5.08. The maximum atomic E-state index is 12.5. The van der Waals surface area contributed by atoms with Gasteiger partial charge in [-0.3, -0.25) is 19.0 Å². The van der Waals surface area contributed by atoms with Crippen LogP contribution in [0.4, 0.5) is 5.69 Å². The van der Waals surface area contributed by atoms with Gasteiger partial charge in [0.1, 0.15) is 4.83 Å². The minimum atomic E-state index is -0.278. The Morgan fingerprint density at radius 1 is 1.33 bits per heavy atom. The summed E-state index contributed by atoms with van der Waals surface area (Å²) in [6.07, 6.45) is 1.40. The highest BCUT2D eigenvalue weighted by Crippen LogP contribution is 2.32. The quantitative estimate of drug-likeness (QED) is 0.743. The molecule has 7 heteroatoms. The molecule has 120 valence electrons. The zero-order chi connectivity index (χ0) is 16.8. The van der Waals surface area contributed by atoms with Gasteiger partial charge in [-0.25, -0.2) is 4.98 Å². The first-order valence-electron chi connectivity index (χ1n) is 7.45.